The van der Waals surface area contributed by atoms with Gasteiger partial charge >= 0.3 is 11.9 Å². The van der Waals surface area contributed by atoms with Crippen LogP contribution in [0.3, 0.4) is 0 Å². The van der Waals surface area contributed by atoms with Crippen LogP contribution in [0.5, 0.6) is 5.75 Å². The fourth-order valence-electron chi connectivity index (χ4n) is 3.78. The number of aromatic nitrogens is 6. The predicted molar refractivity (Wildman–Crippen MR) is 144 cm³/mol. The second-order valence-corrected chi connectivity index (χ2v) is 11.1. The lowest BCUT2D eigenvalue weighted by molar-refractivity contribution is -0.150. The SMILES string of the molecule is Nc1nc(/C(=N/Oc2ccccc2)C(=O)NC2C(=O)N3C(C(=O)O)=C(CSc4nnnn4CC(=O)O)CS[C@H]23)ns1. The summed E-state index contributed by atoms with van der Waals surface area (Å²) in [4.78, 5) is 59.9. The molecule has 4 heterocycles. The van der Waals surface area contributed by atoms with E-state index in [1.54, 1.807) is 30.3 Å². The van der Waals surface area contributed by atoms with Gasteiger partial charge in [0.2, 0.25) is 16.7 Å². The molecule has 1 fully saturated rings. The Morgan fingerprint density at radius 2 is 2.02 bits per heavy atom. The number of aliphatic carboxylic acids is 2. The van der Waals surface area contributed by atoms with Crippen molar-refractivity contribution in [3.8, 4) is 5.75 Å². The number of nitrogens with two attached hydrogens (primary N) is 1. The molecule has 17 nitrogen and oxygen atoms in total. The maximum Gasteiger partial charge on any atom is 0.352 e. The van der Waals surface area contributed by atoms with Crippen molar-refractivity contribution in [1.82, 2.24) is 39.8 Å². The van der Waals surface area contributed by atoms with Gasteiger partial charge in [-0.1, -0.05) is 35.1 Å². The first-order valence-corrected chi connectivity index (χ1v) is 14.2. The van der Waals surface area contributed by atoms with E-state index in [-0.39, 0.29) is 39.0 Å². The highest BCUT2D eigenvalue weighted by atomic mass is 32.2. The number of carboxylic acid groups (broad SMARTS) is 2. The molecule has 5 N–H and O–H groups in total. The molecule has 0 radical (unpaired) electrons. The first kappa shape index (κ1) is 28.0. The molecule has 2 atom stereocenters. The summed E-state index contributed by atoms with van der Waals surface area (Å²) >= 11 is 3.14. The largest absolute Gasteiger partial charge is 0.480 e. The molecule has 0 aliphatic carbocycles. The van der Waals surface area contributed by atoms with Crippen LogP contribution in [0.1, 0.15) is 5.82 Å². The van der Waals surface area contributed by atoms with Crippen molar-refractivity contribution in [3.05, 3.63) is 47.4 Å². The normalized spacial score (nSPS) is 18.5. The number of carbonyl (C=O) groups excluding carboxylic acids is 2. The number of nitrogens with zero attached hydrogens (tertiary/aromatic N) is 8. The van der Waals surface area contributed by atoms with E-state index in [4.69, 9.17) is 15.7 Å². The smallest absolute Gasteiger partial charge is 0.352 e. The Morgan fingerprint density at radius 1 is 1.24 bits per heavy atom. The minimum Gasteiger partial charge on any atom is -0.480 e. The van der Waals surface area contributed by atoms with Gasteiger partial charge in [0.05, 0.1) is 0 Å². The van der Waals surface area contributed by atoms with Gasteiger partial charge in [-0.25, -0.2) is 9.48 Å². The van der Waals surface area contributed by atoms with Gasteiger partial charge < -0.3 is 26.1 Å². The summed E-state index contributed by atoms with van der Waals surface area (Å²) in [5, 5.41) is 35.8. The molecule has 2 aromatic heterocycles. The van der Waals surface area contributed by atoms with E-state index in [9.17, 15) is 24.3 Å². The molecular weight excluding hydrogens is 600 g/mol. The second kappa shape index (κ2) is 11.9. The molecule has 1 unspecified atom stereocenters. The quantitative estimate of drug-likeness (QED) is 0.0917. The number of carboxylic acids is 2. The number of rotatable bonds is 11. The van der Waals surface area contributed by atoms with E-state index in [2.05, 4.69) is 35.4 Å². The highest BCUT2D eigenvalue weighted by Gasteiger charge is 2.54. The third kappa shape index (κ3) is 5.98. The average Bonchev–Trinajstić information content (AvgIpc) is 3.58. The minimum absolute atomic E-state index is 0.0900. The van der Waals surface area contributed by atoms with Gasteiger partial charge in [0, 0.05) is 23.0 Å². The summed E-state index contributed by atoms with van der Waals surface area (Å²) in [7, 11) is 0. The van der Waals surface area contributed by atoms with Crippen LogP contribution in [0.2, 0.25) is 0 Å². The van der Waals surface area contributed by atoms with E-state index >= 15 is 0 Å². The molecule has 212 valence electrons. The molecule has 2 aliphatic heterocycles. The number of fused-ring (bicyclic) bond motifs is 1. The Hall–Kier alpha value is -4.56. The lowest BCUT2D eigenvalue weighted by Gasteiger charge is -2.49. The van der Waals surface area contributed by atoms with Crippen molar-refractivity contribution < 1.29 is 34.2 Å². The molecule has 20 heteroatoms. The molecule has 0 spiro atoms. The number of nitrogens with one attached hydrogen (secondary N) is 1. The Bertz CT molecular complexity index is 1570. The summed E-state index contributed by atoms with van der Waals surface area (Å²) in [5.41, 5.74) is 5.54. The maximum atomic E-state index is 13.2. The monoisotopic (exact) mass is 618 g/mol. The van der Waals surface area contributed by atoms with Gasteiger partial charge in [0.15, 0.2) is 10.9 Å². The number of hydrogen-bond donors (Lipinski definition) is 4. The first-order chi connectivity index (χ1) is 19.7. The molecule has 5 rings (SSSR count). The van der Waals surface area contributed by atoms with Crippen LogP contribution in [-0.4, -0.2) is 97.1 Å². The van der Waals surface area contributed by atoms with Gasteiger partial charge in [-0.15, -0.1) is 16.9 Å². The lowest BCUT2D eigenvalue weighted by Crippen LogP contribution is -2.71. The van der Waals surface area contributed by atoms with Crippen LogP contribution in [0.4, 0.5) is 5.13 Å². The molecule has 3 aromatic rings. The fourth-order valence-corrected chi connectivity index (χ4v) is 6.57. The molecule has 1 aromatic carbocycles. The highest BCUT2D eigenvalue weighted by molar-refractivity contribution is 8.01. The van der Waals surface area contributed by atoms with Gasteiger partial charge in [-0.3, -0.25) is 19.3 Å². The summed E-state index contributed by atoms with van der Waals surface area (Å²) in [6, 6.07) is 7.38. The molecule has 0 saturated carbocycles. The van der Waals surface area contributed by atoms with Crippen LogP contribution in [-0.2, 0) is 25.7 Å². The number of tetrazole rings is 1. The van der Waals surface area contributed by atoms with Crippen molar-refractivity contribution in [2.45, 2.75) is 23.1 Å². The number of para-hydroxylation sites is 1. The maximum absolute atomic E-state index is 13.2. The standard InChI is InChI=1S/C21H18N10O7S3/c22-20-24-15(27-41-20)12(26-38-10-4-2-1-3-5-10)16(34)23-13-17(35)31-14(19(36)37)9(7-39-18(13)31)8-40-21-25-28-29-30(21)6-11(32)33/h1-5,13,18H,6-8H2,(H,23,34)(H,32,33)(H,36,37)(H2,22,24,27)/b26-12-/t13?,18-/m1/s1. The number of thioether (sulfide) groups is 2. The van der Waals surface area contributed by atoms with Crippen molar-refractivity contribution in [2.24, 2.45) is 5.16 Å². The Labute approximate surface area is 242 Å². The van der Waals surface area contributed by atoms with Gasteiger partial charge in [-0.2, -0.15) is 9.36 Å². The number of β-lactam (4-membered cyclic amide) rings is 1. The number of nitrogen functional groups attached to an aromatic ring is 1. The molecule has 2 aliphatic rings. The van der Waals surface area contributed by atoms with Crippen LogP contribution >= 0.6 is 35.1 Å². The number of hydrogen-bond acceptors (Lipinski definition) is 15. The topological polar surface area (TPSA) is 241 Å². The molecular formula is C21H18N10O7S3. The molecule has 1 saturated heterocycles. The summed E-state index contributed by atoms with van der Waals surface area (Å²) < 4.78 is 5.08. The Morgan fingerprint density at radius 3 is 2.71 bits per heavy atom. The molecule has 0 bridgehead atoms. The van der Waals surface area contributed by atoms with Crippen molar-refractivity contribution in [1.29, 1.82) is 0 Å². The van der Waals surface area contributed by atoms with E-state index in [0.29, 0.717) is 11.3 Å². The first-order valence-electron chi connectivity index (χ1n) is 11.4. The van der Waals surface area contributed by atoms with Gasteiger partial charge in [-0.05, 0) is 28.1 Å². The van der Waals surface area contributed by atoms with Crippen molar-refractivity contribution in [2.75, 3.05) is 17.2 Å². The highest BCUT2D eigenvalue weighted by Crippen LogP contribution is 2.41. The Balaban J connectivity index is 1.31. The zero-order valence-corrected chi connectivity index (χ0v) is 22.9. The van der Waals surface area contributed by atoms with Crippen LogP contribution in [0.15, 0.2) is 51.9 Å². The zero-order chi connectivity index (χ0) is 29.1. The lowest BCUT2D eigenvalue weighted by atomic mass is 10.0. The van der Waals surface area contributed by atoms with E-state index in [1.165, 1.54) is 11.8 Å². The van der Waals surface area contributed by atoms with Gasteiger partial charge in [0.25, 0.3) is 11.8 Å². The number of anilines is 1. The summed E-state index contributed by atoms with van der Waals surface area (Å²) in [5.74, 6) is -3.37. The third-order valence-corrected chi connectivity index (χ3v) is 8.48. The minimum atomic E-state index is -1.32. The average molecular weight is 619 g/mol. The predicted octanol–water partition coefficient (Wildman–Crippen LogP) is -0.495. The molecule has 41 heavy (non-hydrogen) atoms. The number of benzene rings is 1. The van der Waals surface area contributed by atoms with E-state index < -0.39 is 41.7 Å². The second-order valence-electron chi connectivity index (χ2n) is 8.22. The third-order valence-electron chi connectivity index (χ3n) is 5.55. The van der Waals surface area contributed by atoms with Crippen LogP contribution < -0.4 is 15.9 Å². The van der Waals surface area contributed by atoms with Crippen molar-refractivity contribution in [3.63, 3.8) is 0 Å². The van der Waals surface area contributed by atoms with Crippen LogP contribution in [0, 0.1) is 0 Å². The summed E-state index contributed by atoms with van der Waals surface area (Å²) in [6.07, 6.45) is 0. The van der Waals surface area contributed by atoms with Gasteiger partial charge in [0.1, 0.15) is 23.7 Å². The number of carbonyl (C=O) groups is 4. The molecule has 2 amide bonds. The van der Waals surface area contributed by atoms with Crippen LogP contribution in [0.25, 0.3) is 0 Å². The van der Waals surface area contributed by atoms with Crippen molar-refractivity contribution >= 4 is 69.7 Å². The van der Waals surface area contributed by atoms with E-state index in [0.717, 1.165) is 32.9 Å². The van der Waals surface area contributed by atoms with E-state index in [1.807, 2.05) is 0 Å². The number of oxime groups is 1. The summed E-state index contributed by atoms with van der Waals surface area (Å²) in [6.45, 7) is -0.465. The Kier molecular flexibility index (Phi) is 8.12. The fraction of sp³-hybridized carbons (Fsp3) is 0.238. The zero-order valence-electron chi connectivity index (χ0n) is 20.5. The number of amides is 2.